The van der Waals surface area contributed by atoms with Crippen molar-refractivity contribution in [2.45, 2.75) is 6.92 Å². The molecule has 2 amide bonds. The zero-order chi connectivity index (χ0) is 19.8. The van der Waals surface area contributed by atoms with Crippen LogP contribution in [0.25, 0.3) is 34.2 Å². The van der Waals surface area contributed by atoms with E-state index in [0.717, 1.165) is 11.1 Å². The molecule has 4 rings (SSSR count). The van der Waals surface area contributed by atoms with Crippen LogP contribution >= 0.6 is 0 Å². The lowest BCUT2D eigenvalue weighted by Gasteiger charge is -2.11. The number of aromatic carboxylic acids is 1. The number of amides is 2. The first-order valence-electron chi connectivity index (χ1n) is 8.57. The van der Waals surface area contributed by atoms with Crippen molar-refractivity contribution >= 4 is 46.5 Å². The molecule has 0 unspecified atom stereocenters. The predicted molar refractivity (Wildman–Crippen MR) is 106 cm³/mol. The minimum absolute atomic E-state index is 0.131. The van der Waals surface area contributed by atoms with Crippen LogP contribution in [0.2, 0.25) is 0 Å². The van der Waals surface area contributed by atoms with E-state index in [-0.39, 0.29) is 11.5 Å². The molecule has 0 spiro atoms. The van der Waals surface area contributed by atoms with Crippen LogP contribution in [0.1, 0.15) is 17.3 Å². The monoisotopic (exact) mass is 371 g/mol. The Morgan fingerprint density at radius 1 is 1.00 bits per heavy atom. The van der Waals surface area contributed by atoms with Gasteiger partial charge in [-0.1, -0.05) is 24.3 Å². The Labute approximate surface area is 159 Å². The van der Waals surface area contributed by atoms with Gasteiger partial charge in [-0.25, -0.2) is 10.1 Å². The van der Waals surface area contributed by atoms with Crippen molar-refractivity contribution in [2.75, 3.05) is 5.32 Å². The Kier molecular flexibility index (Phi) is 4.16. The molecule has 0 aliphatic carbocycles. The summed E-state index contributed by atoms with van der Waals surface area (Å²) in [6, 6.07) is 14.4. The Morgan fingerprint density at radius 2 is 1.79 bits per heavy atom. The van der Waals surface area contributed by atoms with Gasteiger partial charge in [-0.3, -0.25) is 9.59 Å². The standard InChI is InChI=1S/C22H15N2O4/c1-12(25)24-16-4-2-3-13(7-16)14-5-6-17-18(8-14)20-11-23-21(26)10-15(20)9-19(17)22(27)28/h2-11H,1H3,(H,24,25)(H,27,28). The average Bonchev–Trinajstić information content (AvgIpc) is 2.66. The third kappa shape index (κ3) is 3.12. The van der Waals surface area contributed by atoms with Crippen LogP contribution < -0.4 is 21.1 Å². The zero-order valence-electron chi connectivity index (χ0n) is 14.9. The van der Waals surface area contributed by atoms with Crippen LogP contribution in [0.4, 0.5) is 5.69 Å². The van der Waals surface area contributed by atoms with Crippen molar-refractivity contribution in [1.29, 1.82) is 0 Å². The molecule has 137 valence electrons. The van der Waals surface area contributed by atoms with Gasteiger partial charge in [0.2, 0.25) is 5.91 Å². The molecule has 1 heterocycles. The third-order valence-electron chi connectivity index (χ3n) is 4.56. The molecule has 1 aliphatic heterocycles. The van der Waals surface area contributed by atoms with Gasteiger partial charge in [0.05, 0.1) is 5.56 Å². The van der Waals surface area contributed by atoms with Gasteiger partial charge in [-0.05, 0) is 51.4 Å². The minimum Gasteiger partial charge on any atom is -0.478 e. The quantitative estimate of drug-likeness (QED) is 0.734. The van der Waals surface area contributed by atoms with Crippen LogP contribution in [0.3, 0.4) is 0 Å². The fourth-order valence-corrected chi connectivity index (χ4v) is 3.37. The highest BCUT2D eigenvalue weighted by atomic mass is 16.4. The second-order valence-electron chi connectivity index (χ2n) is 6.50. The summed E-state index contributed by atoms with van der Waals surface area (Å²) in [5.74, 6) is -1.63. The second kappa shape index (κ2) is 6.66. The summed E-state index contributed by atoms with van der Waals surface area (Å²) in [6.07, 6.45) is 2.81. The molecule has 0 fully saturated rings. The molecule has 0 bridgehead atoms. The molecule has 6 nitrogen and oxygen atoms in total. The van der Waals surface area contributed by atoms with Crippen molar-refractivity contribution in [3.8, 4) is 11.1 Å². The number of nitrogens with one attached hydrogen (secondary N) is 1. The number of hydrogen-bond donors (Lipinski definition) is 2. The highest BCUT2D eigenvalue weighted by Crippen LogP contribution is 2.26. The number of nitrogens with zero attached hydrogens (tertiary/aromatic N) is 1. The Hall–Kier alpha value is -3.93. The predicted octanol–water partition coefficient (Wildman–Crippen LogP) is 1.83. The van der Waals surface area contributed by atoms with E-state index in [2.05, 4.69) is 10.6 Å². The van der Waals surface area contributed by atoms with Gasteiger partial charge in [-0.2, -0.15) is 0 Å². The fraction of sp³-hybridized carbons (Fsp3) is 0.0455. The smallest absolute Gasteiger partial charge is 0.336 e. The summed E-state index contributed by atoms with van der Waals surface area (Å²) in [4.78, 5) is 34.6. The first-order chi connectivity index (χ1) is 13.4. The summed E-state index contributed by atoms with van der Waals surface area (Å²) < 4.78 is 0. The number of hydrogen-bond acceptors (Lipinski definition) is 3. The first-order valence-corrected chi connectivity index (χ1v) is 8.57. The third-order valence-corrected chi connectivity index (χ3v) is 4.56. The summed E-state index contributed by atoms with van der Waals surface area (Å²) in [5.41, 5.74) is 2.53. The van der Waals surface area contributed by atoms with Gasteiger partial charge in [0.1, 0.15) is 0 Å². The molecule has 2 N–H and O–H groups in total. The van der Waals surface area contributed by atoms with E-state index in [4.69, 9.17) is 0 Å². The molecule has 0 atom stereocenters. The van der Waals surface area contributed by atoms with Crippen LogP contribution in [-0.4, -0.2) is 22.9 Å². The highest BCUT2D eigenvalue weighted by Gasteiger charge is 2.14. The Balaban J connectivity index is 1.97. The maximum absolute atomic E-state index is 11.7. The van der Waals surface area contributed by atoms with Crippen LogP contribution in [0, 0.1) is 0 Å². The molecule has 28 heavy (non-hydrogen) atoms. The number of rotatable bonds is 3. The molecular weight excluding hydrogens is 356 g/mol. The van der Waals surface area contributed by atoms with Gasteiger partial charge < -0.3 is 10.4 Å². The van der Waals surface area contributed by atoms with E-state index in [1.165, 1.54) is 25.3 Å². The normalized spacial score (nSPS) is 12.4. The van der Waals surface area contributed by atoms with Crippen LogP contribution in [-0.2, 0) is 9.59 Å². The number of carbonyl (C=O) groups excluding carboxylic acids is 2. The summed E-state index contributed by atoms with van der Waals surface area (Å²) in [5, 5.41) is 18.7. The molecule has 3 aromatic rings. The van der Waals surface area contributed by atoms with E-state index >= 15 is 0 Å². The molecule has 0 saturated heterocycles. The number of carbonyl (C=O) groups is 3. The van der Waals surface area contributed by atoms with Crippen molar-refractivity contribution in [1.82, 2.24) is 5.32 Å². The minimum atomic E-state index is -1.06. The topological polar surface area (TPSA) is 97.6 Å². The van der Waals surface area contributed by atoms with E-state index in [9.17, 15) is 19.5 Å². The van der Waals surface area contributed by atoms with E-state index in [0.29, 0.717) is 26.9 Å². The molecule has 3 aromatic carbocycles. The van der Waals surface area contributed by atoms with Gasteiger partial charge in [-0.15, -0.1) is 0 Å². The Morgan fingerprint density at radius 3 is 2.54 bits per heavy atom. The lowest BCUT2D eigenvalue weighted by atomic mass is 9.95. The van der Waals surface area contributed by atoms with E-state index in [1.54, 1.807) is 12.1 Å². The lowest BCUT2D eigenvalue weighted by molar-refractivity contribution is -0.115. The Bertz CT molecular complexity index is 1290. The number of carboxylic acid groups (broad SMARTS) is 1. The van der Waals surface area contributed by atoms with Crippen molar-refractivity contribution in [2.24, 2.45) is 0 Å². The van der Waals surface area contributed by atoms with Gasteiger partial charge in [0, 0.05) is 30.1 Å². The lowest BCUT2D eigenvalue weighted by Crippen LogP contribution is -2.34. The van der Waals surface area contributed by atoms with Crippen LogP contribution in [0.5, 0.6) is 0 Å². The summed E-state index contributed by atoms with van der Waals surface area (Å²) >= 11 is 0. The molecular formula is C22H15N2O4. The van der Waals surface area contributed by atoms with Gasteiger partial charge in [0.25, 0.3) is 5.91 Å². The maximum atomic E-state index is 11.7. The van der Waals surface area contributed by atoms with Gasteiger partial charge in [0.15, 0.2) is 0 Å². The fourth-order valence-electron chi connectivity index (χ4n) is 3.37. The second-order valence-corrected chi connectivity index (χ2v) is 6.50. The van der Waals surface area contributed by atoms with E-state index in [1.807, 2.05) is 30.3 Å². The number of anilines is 1. The number of benzene rings is 3. The average molecular weight is 371 g/mol. The molecule has 0 aromatic heterocycles. The van der Waals surface area contributed by atoms with Crippen LogP contribution in [0.15, 0.2) is 48.5 Å². The maximum Gasteiger partial charge on any atom is 0.336 e. The van der Waals surface area contributed by atoms with Crippen molar-refractivity contribution < 1.29 is 19.5 Å². The summed E-state index contributed by atoms with van der Waals surface area (Å²) in [6.45, 7) is 1.44. The first kappa shape index (κ1) is 17.5. The largest absolute Gasteiger partial charge is 0.478 e. The molecule has 1 aliphatic rings. The molecule has 0 saturated carbocycles. The van der Waals surface area contributed by atoms with Crippen molar-refractivity contribution in [3.05, 3.63) is 64.5 Å². The van der Waals surface area contributed by atoms with Crippen molar-refractivity contribution in [3.63, 3.8) is 0 Å². The molecule has 1 radical (unpaired) electrons. The van der Waals surface area contributed by atoms with E-state index < -0.39 is 11.9 Å². The number of fused-ring (bicyclic) bond motifs is 3. The van der Waals surface area contributed by atoms with Gasteiger partial charge >= 0.3 is 5.97 Å². The summed E-state index contributed by atoms with van der Waals surface area (Å²) in [7, 11) is 0. The highest BCUT2D eigenvalue weighted by molar-refractivity contribution is 6.10. The zero-order valence-corrected chi connectivity index (χ0v) is 14.9. The molecule has 6 heteroatoms. The SMILES string of the molecule is CC(=O)Nc1cccc(-c2ccc3c(C(=O)O)cc4c(c3c2)=C[N]C(=O)C=4)c1. The number of carboxylic acids is 1.